The zero-order chi connectivity index (χ0) is 8.97. The maximum Gasteiger partial charge on any atom is 0.230 e. The number of methoxy groups -OCH3 is 1. The number of nitrogens with zero attached hydrogens (tertiary/aromatic N) is 2. The molecule has 66 valence electrons. The van der Waals surface area contributed by atoms with Crippen molar-refractivity contribution in [2.75, 3.05) is 19.7 Å². The van der Waals surface area contributed by atoms with Crippen molar-refractivity contribution in [1.29, 1.82) is 0 Å². The Morgan fingerprint density at radius 2 is 2.17 bits per heavy atom. The van der Waals surface area contributed by atoms with Gasteiger partial charge in [0.25, 0.3) is 0 Å². The summed E-state index contributed by atoms with van der Waals surface area (Å²) in [5, 5.41) is 0. The third kappa shape index (κ3) is 1.94. The van der Waals surface area contributed by atoms with E-state index in [9.17, 15) is 4.39 Å². The van der Waals surface area contributed by atoms with E-state index < -0.39 is 6.86 Å². The zero-order valence-corrected chi connectivity index (χ0v) is 6.45. The Labute approximate surface area is 68.3 Å². The van der Waals surface area contributed by atoms with Crippen LogP contribution in [-0.4, -0.2) is 23.9 Å². The lowest BCUT2D eigenvalue weighted by Gasteiger charge is -2.03. The molecule has 0 saturated heterocycles. The van der Waals surface area contributed by atoms with E-state index in [1.54, 1.807) is 0 Å². The van der Waals surface area contributed by atoms with E-state index in [2.05, 4.69) is 14.7 Å². The fourth-order valence-electron chi connectivity index (χ4n) is 0.655. The Bertz CT molecular complexity index is 269. The summed E-state index contributed by atoms with van der Waals surface area (Å²) < 4.78 is 20.9. The van der Waals surface area contributed by atoms with Crippen LogP contribution < -0.4 is 15.2 Å². The molecule has 0 aliphatic carbocycles. The third-order valence-electron chi connectivity index (χ3n) is 1.11. The van der Waals surface area contributed by atoms with E-state index in [0.717, 1.165) is 0 Å². The normalized spacial score (nSPS) is 9.50. The monoisotopic (exact) mass is 173 g/mol. The molecular weight excluding hydrogens is 165 g/mol. The van der Waals surface area contributed by atoms with Crippen LogP contribution in [0, 0.1) is 0 Å². The first-order chi connectivity index (χ1) is 5.76. The predicted octanol–water partition coefficient (Wildman–Crippen LogP) is 0.373. The van der Waals surface area contributed by atoms with Crippen LogP contribution in [0.4, 0.5) is 10.3 Å². The van der Waals surface area contributed by atoms with Crippen molar-refractivity contribution in [3.05, 3.63) is 6.07 Å². The van der Waals surface area contributed by atoms with Crippen LogP contribution >= 0.6 is 0 Å². The molecule has 0 aromatic carbocycles. The summed E-state index contributed by atoms with van der Waals surface area (Å²) in [7, 11) is 1.42. The molecule has 0 fully saturated rings. The minimum absolute atomic E-state index is 0.0159. The van der Waals surface area contributed by atoms with Gasteiger partial charge >= 0.3 is 0 Å². The molecule has 6 heteroatoms. The van der Waals surface area contributed by atoms with Gasteiger partial charge in [0, 0.05) is 0 Å². The fraction of sp³-hybridized carbons (Fsp3) is 0.333. The van der Waals surface area contributed by atoms with E-state index in [0.29, 0.717) is 0 Å². The number of halogens is 1. The van der Waals surface area contributed by atoms with Crippen molar-refractivity contribution < 1.29 is 13.9 Å². The molecular formula is C6H8FN3O2. The van der Waals surface area contributed by atoms with Gasteiger partial charge in [0.05, 0.1) is 13.2 Å². The minimum Gasteiger partial charge on any atom is -0.481 e. The Balaban J connectivity index is 2.90. The number of alkyl halides is 1. The summed E-state index contributed by atoms with van der Waals surface area (Å²) >= 11 is 0. The van der Waals surface area contributed by atoms with Crippen molar-refractivity contribution in [3.63, 3.8) is 0 Å². The van der Waals surface area contributed by atoms with Crippen molar-refractivity contribution >= 4 is 5.95 Å². The second-order valence-corrected chi connectivity index (χ2v) is 1.86. The maximum atomic E-state index is 11.7. The summed E-state index contributed by atoms with van der Waals surface area (Å²) in [5.74, 6) is 0.283. The highest BCUT2D eigenvalue weighted by molar-refractivity contribution is 5.29. The minimum atomic E-state index is -0.959. The van der Waals surface area contributed by atoms with Crippen molar-refractivity contribution in [1.82, 2.24) is 9.97 Å². The van der Waals surface area contributed by atoms with E-state index in [-0.39, 0.29) is 17.7 Å². The summed E-state index contributed by atoms with van der Waals surface area (Å²) in [6.45, 7) is -0.959. The molecule has 1 heterocycles. The van der Waals surface area contributed by atoms with Gasteiger partial charge in [-0.25, -0.2) is 4.39 Å². The first-order valence-corrected chi connectivity index (χ1v) is 3.13. The van der Waals surface area contributed by atoms with E-state index in [1.807, 2.05) is 0 Å². The Morgan fingerprint density at radius 3 is 2.75 bits per heavy atom. The lowest BCUT2D eigenvalue weighted by molar-refractivity contribution is 0.184. The van der Waals surface area contributed by atoms with Gasteiger partial charge in [-0.1, -0.05) is 0 Å². The molecule has 2 N–H and O–H groups in total. The van der Waals surface area contributed by atoms with Gasteiger partial charge in [-0.2, -0.15) is 9.97 Å². The van der Waals surface area contributed by atoms with E-state index in [1.165, 1.54) is 13.2 Å². The molecule has 0 bridgehead atoms. The van der Waals surface area contributed by atoms with Crippen LogP contribution in [0.1, 0.15) is 0 Å². The van der Waals surface area contributed by atoms with Gasteiger partial charge in [0.2, 0.25) is 24.6 Å². The lowest BCUT2D eigenvalue weighted by Crippen LogP contribution is -2.01. The van der Waals surface area contributed by atoms with Crippen LogP contribution in [0.5, 0.6) is 11.8 Å². The topological polar surface area (TPSA) is 70.3 Å². The molecule has 5 nitrogen and oxygen atoms in total. The highest BCUT2D eigenvalue weighted by Gasteiger charge is 2.02. The molecule has 0 radical (unpaired) electrons. The number of rotatable bonds is 3. The molecule has 1 rings (SSSR count). The molecule has 0 saturated carbocycles. The van der Waals surface area contributed by atoms with Crippen LogP contribution in [-0.2, 0) is 0 Å². The maximum absolute atomic E-state index is 11.7. The number of aromatic nitrogens is 2. The Kier molecular flexibility index (Phi) is 2.62. The largest absolute Gasteiger partial charge is 0.481 e. The average Bonchev–Trinajstić information content (AvgIpc) is 2.04. The van der Waals surface area contributed by atoms with Crippen LogP contribution in [0.2, 0.25) is 0 Å². The second kappa shape index (κ2) is 3.70. The number of ether oxygens (including phenoxy) is 2. The molecule has 0 amide bonds. The van der Waals surface area contributed by atoms with Gasteiger partial charge in [0.1, 0.15) is 0 Å². The molecule has 0 aliphatic heterocycles. The first-order valence-electron chi connectivity index (χ1n) is 3.13. The summed E-state index contributed by atoms with van der Waals surface area (Å²) in [4.78, 5) is 7.27. The van der Waals surface area contributed by atoms with E-state index in [4.69, 9.17) is 10.5 Å². The number of hydrogen-bond donors (Lipinski definition) is 1. The fourth-order valence-corrected chi connectivity index (χ4v) is 0.655. The highest BCUT2D eigenvalue weighted by Crippen LogP contribution is 2.15. The van der Waals surface area contributed by atoms with Gasteiger partial charge in [-0.15, -0.1) is 0 Å². The molecule has 1 aromatic heterocycles. The van der Waals surface area contributed by atoms with Crippen LogP contribution in [0.25, 0.3) is 0 Å². The highest BCUT2D eigenvalue weighted by atomic mass is 19.1. The van der Waals surface area contributed by atoms with Gasteiger partial charge in [-0.05, 0) is 0 Å². The molecule has 0 aliphatic rings. The van der Waals surface area contributed by atoms with Crippen molar-refractivity contribution in [2.45, 2.75) is 0 Å². The average molecular weight is 173 g/mol. The van der Waals surface area contributed by atoms with Crippen LogP contribution in [0.15, 0.2) is 6.07 Å². The number of hydrogen-bond acceptors (Lipinski definition) is 5. The summed E-state index contributed by atoms with van der Waals surface area (Å²) in [6, 6.07) is 1.34. The standard InChI is InChI=1S/C6H8FN3O2/c1-11-4-2-5(12-3-7)10-6(8)9-4/h2H,3H2,1H3,(H2,8,9,10). The zero-order valence-electron chi connectivity index (χ0n) is 6.45. The molecule has 1 aromatic rings. The third-order valence-corrected chi connectivity index (χ3v) is 1.11. The molecule has 0 unspecified atom stereocenters. The Hall–Kier alpha value is -1.59. The Morgan fingerprint density at radius 1 is 1.50 bits per heavy atom. The summed E-state index contributed by atoms with van der Waals surface area (Å²) in [5.41, 5.74) is 5.26. The number of nitrogens with two attached hydrogens (primary N) is 1. The van der Waals surface area contributed by atoms with Crippen molar-refractivity contribution in [3.8, 4) is 11.8 Å². The van der Waals surface area contributed by atoms with Crippen molar-refractivity contribution in [2.24, 2.45) is 0 Å². The predicted molar refractivity (Wildman–Crippen MR) is 39.6 cm³/mol. The summed E-state index contributed by atoms with van der Waals surface area (Å²) in [6.07, 6.45) is 0. The van der Waals surface area contributed by atoms with Gasteiger partial charge in [0.15, 0.2) is 0 Å². The number of anilines is 1. The van der Waals surface area contributed by atoms with Gasteiger partial charge in [-0.3, -0.25) is 0 Å². The SMILES string of the molecule is COc1cc(OCF)nc(N)n1. The van der Waals surface area contributed by atoms with Crippen LogP contribution in [0.3, 0.4) is 0 Å². The first kappa shape index (κ1) is 8.51. The number of nitrogen functional groups attached to an aromatic ring is 1. The quantitative estimate of drug-likeness (QED) is 0.715. The molecule has 0 atom stereocenters. The van der Waals surface area contributed by atoms with Gasteiger partial charge < -0.3 is 15.2 Å². The van der Waals surface area contributed by atoms with E-state index >= 15 is 0 Å². The molecule has 0 spiro atoms. The second-order valence-electron chi connectivity index (χ2n) is 1.86. The molecule has 12 heavy (non-hydrogen) atoms. The lowest BCUT2D eigenvalue weighted by atomic mass is 10.6. The smallest absolute Gasteiger partial charge is 0.230 e.